The molecule has 2 aromatic carbocycles. The Hall–Kier alpha value is -1.17. The first-order chi connectivity index (χ1) is 10.6. The fraction of sp³-hybridized carbons (Fsp3) is 0.125. The zero-order chi connectivity index (χ0) is 15.5. The van der Waals surface area contributed by atoms with Crippen molar-refractivity contribution in [2.75, 3.05) is 0 Å². The van der Waals surface area contributed by atoms with Gasteiger partial charge in [-0.25, -0.2) is 0 Å². The van der Waals surface area contributed by atoms with Crippen LogP contribution in [0.3, 0.4) is 0 Å². The van der Waals surface area contributed by atoms with Gasteiger partial charge in [0.1, 0.15) is 4.83 Å². The minimum absolute atomic E-state index is 0.0345. The summed E-state index contributed by atoms with van der Waals surface area (Å²) >= 11 is 13.2. The van der Waals surface area contributed by atoms with Crippen molar-refractivity contribution in [2.24, 2.45) is 0 Å². The zero-order valence-electron chi connectivity index (χ0n) is 11.3. The first-order valence-electron chi connectivity index (χ1n) is 6.57. The Kier molecular flexibility index (Phi) is 4.96. The van der Waals surface area contributed by atoms with Gasteiger partial charge in [0.15, 0.2) is 0 Å². The molecule has 6 heteroatoms. The van der Waals surface area contributed by atoms with E-state index < -0.39 is 0 Å². The number of benzene rings is 2. The van der Waals surface area contributed by atoms with Crippen LogP contribution in [-0.2, 0) is 0 Å². The lowest BCUT2D eigenvalue weighted by Gasteiger charge is -2.13. The predicted molar refractivity (Wildman–Crippen MR) is 94.5 cm³/mol. The molecule has 1 heterocycles. The van der Waals surface area contributed by atoms with Crippen LogP contribution in [-0.4, -0.2) is 10.2 Å². The van der Waals surface area contributed by atoms with E-state index in [-0.39, 0.29) is 9.65 Å². The molecule has 0 aliphatic carbocycles. The molecule has 0 saturated heterocycles. The third-order valence-electron chi connectivity index (χ3n) is 3.14. The Balaban J connectivity index is 1.82. The van der Waals surface area contributed by atoms with Crippen LogP contribution < -0.4 is 0 Å². The normalized spacial score (nSPS) is 13.8. The molecule has 0 aliphatic heterocycles. The molecule has 1 aromatic heterocycles. The van der Waals surface area contributed by atoms with Crippen molar-refractivity contribution in [3.05, 3.63) is 71.1 Å². The number of rotatable bonds is 4. The molecule has 0 radical (unpaired) electrons. The highest BCUT2D eigenvalue weighted by Crippen LogP contribution is 2.42. The molecule has 0 bridgehead atoms. The molecule has 3 aromatic rings. The van der Waals surface area contributed by atoms with E-state index >= 15 is 0 Å². The fourth-order valence-corrected chi connectivity index (χ4v) is 3.13. The number of hydrogen-bond donors (Lipinski definition) is 0. The minimum atomic E-state index is -0.122. The average Bonchev–Trinajstić information content (AvgIpc) is 3.05. The molecule has 2 atom stereocenters. The molecule has 0 spiro atoms. The van der Waals surface area contributed by atoms with E-state index in [1.165, 1.54) is 0 Å². The highest BCUT2D eigenvalue weighted by Gasteiger charge is 2.25. The van der Waals surface area contributed by atoms with Crippen molar-refractivity contribution in [1.29, 1.82) is 0 Å². The molecule has 0 aliphatic rings. The lowest BCUT2D eigenvalue weighted by atomic mass is 10.1. The SMILES string of the molecule is Clc1ccc(-c2nnc([C@@H](Br)[C@H](Br)c3ccccc3)o2)cc1. The Labute approximate surface area is 150 Å². The fourth-order valence-electron chi connectivity index (χ4n) is 1.99. The molecule has 0 saturated carbocycles. The van der Waals surface area contributed by atoms with Crippen LogP contribution in [0, 0.1) is 0 Å². The molecule has 22 heavy (non-hydrogen) atoms. The van der Waals surface area contributed by atoms with E-state index in [1.807, 2.05) is 42.5 Å². The average molecular weight is 443 g/mol. The number of nitrogens with zero attached hydrogens (tertiary/aromatic N) is 2. The van der Waals surface area contributed by atoms with Crippen molar-refractivity contribution in [3.8, 4) is 11.5 Å². The first-order valence-corrected chi connectivity index (χ1v) is 8.78. The maximum absolute atomic E-state index is 5.88. The zero-order valence-corrected chi connectivity index (χ0v) is 15.2. The van der Waals surface area contributed by atoms with Crippen molar-refractivity contribution in [1.82, 2.24) is 10.2 Å². The number of hydrogen-bond acceptors (Lipinski definition) is 3. The van der Waals surface area contributed by atoms with E-state index in [0.717, 1.165) is 11.1 Å². The highest BCUT2D eigenvalue weighted by atomic mass is 79.9. The topological polar surface area (TPSA) is 38.9 Å². The summed E-state index contributed by atoms with van der Waals surface area (Å²) in [4.78, 5) is -0.0873. The van der Waals surface area contributed by atoms with E-state index in [4.69, 9.17) is 16.0 Å². The van der Waals surface area contributed by atoms with Gasteiger partial charge < -0.3 is 4.42 Å². The van der Waals surface area contributed by atoms with Crippen molar-refractivity contribution < 1.29 is 4.42 Å². The summed E-state index contributed by atoms with van der Waals surface area (Å²) in [6.45, 7) is 0. The molecule has 0 unspecified atom stereocenters. The second-order valence-electron chi connectivity index (χ2n) is 4.67. The van der Waals surface area contributed by atoms with E-state index in [1.54, 1.807) is 12.1 Å². The van der Waals surface area contributed by atoms with Crippen LogP contribution in [0.5, 0.6) is 0 Å². The van der Waals surface area contributed by atoms with Crippen LogP contribution in [0.2, 0.25) is 5.02 Å². The molecule has 0 fully saturated rings. The number of alkyl halides is 2. The van der Waals surface area contributed by atoms with Gasteiger partial charge >= 0.3 is 0 Å². The van der Waals surface area contributed by atoms with Gasteiger partial charge in [-0.15, -0.1) is 10.2 Å². The monoisotopic (exact) mass is 440 g/mol. The summed E-state index contributed by atoms with van der Waals surface area (Å²) in [5.41, 5.74) is 1.98. The third kappa shape index (κ3) is 3.42. The van der Waals surface area contributed by atoms with Gasteiger partial charge in [-0.05, 0) is 29.8 Å². The van der Waals surface area contributed by atoms with Gasteiger partial charge in [-0.2, -0.15) is 0 Å². The van der Waals surface area contributed by atoms with Crippen LogP contribution in [0.4, 0.5) is 0 Å². The van der Waals surface area contributed by atoms with Crippen molar-refractivity contribution in [2.45, 2.75) is 9.65 Å². The lowest BCUT2D eigenvalue weighted by Crippen LogP contribution is -1.99. The van der Waals surface area contributed by atoms with Gasteiger partial charge in [0.05, 0.1) is 4.83 Å². The Morgan fingerprint density at radius 1 is 0.864 bits per heavy atom. The standard InChI is InChI=1S/C16H11Br2ClN2O/c17-13(10-4-2-1-3-5-10)14(18)16-21-20-15(22-16)11-6-8-12(19)9-7-11/h1-9,13-14H/t13-,14+/m1/s1. The Morgan fingerprint density at radius 3 is 2.23 bits per heavy atom. The van der Waals surface area contributed by atoms with Gasteiger partial charge in [0, 0.05) is 10.6 Å². The van der Waals surface area contributed by atoms with Gasteiger partial charge in [0.25, 0.3) is 0 Å². The molecule has 0 amide bonds. The summed E-state index contributed by atoms with van der Waals surface area (Å²) in [7, 11) is 0. The van der Waals surface area contributed by atoms with Crippen LogP contribution in [0.15, 0.2) is 59.0 Å². The summed E-state index contributed by atoms with van der Waals surface area (Å²) in [6.07, 6.45) is 0. The van der Waals surface area contributed by atoms with Crippen molar-refractivity contribution in [3.63, 3.8) is 0 Å². The van der Waals surface area contributed by atoms with E-state index in [2.05, 4.69) is 42.1 Å². The van der Waals surface area contributed by atoms with Gasteiger partial charge in [0.2, 0.25) is 11.8 Å². The maximum atomic E-state index is 5.88. The molecule has 3 nitrogen and oxygen atoms in total. The molecule has 112 valence electrons. The summed E-state index contributed by atoms with van der Waals surface area (Å²) in [5.74, 6) is 1.000. The largest absolute Gasteiger partial charge is 0.419 e. The molecule has 3 rings (SSSR count). The predicted octanol–water partition coefficient (Wildman–Crippen LogP) is 5.96. The van der Waals surface area contributed by atoms with Crippen LogP contribution in [0.1, 0.15) is 21.1 Å². The van der Waals surface area contributed by atoms with Gasteiger partial charge in [-0.1, -0.05) is 73.8 Å². The quantitative estimate of drug-likeness (QED) is 0.468. The van der Waals surface area contributed by atoms with Crippen LogP contribution >= 0.6 is 43.5 Å². The van der Waals surface area contributed by atoms with Crippen molar-refractivity contribution >= 4 is 43.5 Å². The highest BCUT2D eigenvalue weighted by molar-refractivity contribution is 9.12. The summed E-state index contributed by atoms with van der Waals surface area (Å²) in [5, 5.41) is 8.91. The maximum Gasteiger partial charge on any atom is 0.247 e. The summed E-state index contributed by atoms with van der Waals surface area (Å²) in [6, 6.07) is 17.4. The molecular weight excluding hydrogens is 431 g/mol. The smallest absolute Gasteiger partial charge is 0.247 e. The van der Waals surface area contributed by atoms with Gasteiger partial charge in [-0.3, -0.25) is 0 Å². The molecular formula is C16H11Br2ClN2O. The second kappa shape index (κ2) is 6.94. The van der Waals surface area contributed by atoms with E-state index in [0.29, 0.717) is 16.8 Å². The number of aromatic nitrogens is 2. The summed E-state index contributed by atoms with van der Waals surface area (Å²) < 4.78 is 5.77. The van der Waals surface area contributed by atoms with E-state index in [9.17, 15) is 0 Å². The second-order valence-corrected chi connectivity index (χ2v) is 7.08. The minimum Gasteiger partial charge on any atom is -0.419 e. The Morgan fingerprint density at radius 2 is 1.55 bits per heavy atom. The first kappa shape index (κ1) is 15.7. The van der Waals surface area contributed by atoms with Crippen LogP contribution in [0.25, 0.3) is 11.5 Å². The molecule has 0 N–H and O–H groups in total. The lowest BCUT2D eigenvalue weighted by molar-refractivity contribution is 0.502. The number of halogens is 3. The third-order valence-corrected chi connectivity index (χ3v) is 6.08. The Bertz CT molecular complexity index is 746.